The van der Waals surface area contributed by atoms with Gasteiger partial charge in [-0.1, -0.05) is 25.5 Å². The molecule has 0 radical (unpaired) electrons. The maximum absolute atomic E-state index is 12.7. The molecule has 1 unspecified atom stereocenters. The number of hydrogen-bond acceptors (Lipinski definition) is 4. The van der Waals surface area contributed by atoms with Gasteiger partial charge in [0.2, 0.25) is 5.89 Å². The normalized spacial score (nSPS) is 12.9. The molecular weight excluding hydrogens is 323 g/mol. The fourth-order valence-corrected chi connectivity index (χ4v) is 2.13. The average molecular weight is 341 g/mol. The van der Waals surface area contributed by atoms with Crippen LogP contribution in [0.2, 0.25) is 0 Å². The second kappa shape index (κ2) is 7.48. The van der Waals surface area contributed by atoms with Crippen LogP contribution in [0.15, 0.2) is 34.9 Å². The van der Waals surface area contributed by atoms with Crippen LogP contribution in [-0.2, 0) is 12.7 Å². The molecule has 1 atom stereocenters. The predicted octanol–water partition coefficient (Wildman–Crippen LogP) is 3.42. The lowest BCUT2D eigenvalue weighted by Crippen LogP contribution is -2.23. The van der Waals surface area contributed by atoms with Gasteiger partial charge in [0.1, 0.15) is 6.26 Å². The summed E-state index contributed by atoms with van der Waals surface area (Å²) in [6.07, 6.45) is -1.71. The van der Waals surface area contributed by atoms with Gasteiger partial charge in [-0.25, -0.2) is 4.98 Å². The first-order valence-corrected chi connectivity index (χ1v) is 7.46. The minimum absolute atomic E-state index is 0.0449. The van der Waals surface area contributed by atoms with Crippen LogP contribution >= 0.6 is 0 Å². The molecule has 3 N–H and O–H groups in total. The molecule has 0 aliphatic carbocycles. The highest BCUT2D eigenvalue weighted by atomic mass is 19.4. The van der Waals surface area contributed by atoms with Gasteiger partial charge < -0.3 is 15.5 Å². The molecule has 0 saturated heterocycles. The largest absolute Gasteiger partial charge is 0.446 e. The third-order valence-corrected chi connectivity index (χ3v) is 3.38. The number of nitrogens with zero attached hydrogens (tertiary/aromatic N) is 1. The van der Waals surface area contributed by atoms with Gasteiger partial charge >= 0.3 is 6.18 Å². The van der Waals surface area contributed by atoms with E-state index in [1.54, 1.807) is 0 Å². The molecule has 2 rings (SSSR count). The van der Waals surface area contributed by atoms with E-state index in [0.29, 0.717) is 12.0 Å². The van der Waals surface area contributed by atoms with E-state index in [1.165, 1.54) is 18.4 Å². The molecule has 0 saturated carbocycles. The van der Waals surface area contributed by atoms with E-state index in [4.69, 9.17) is 10.2 Å². The zero-order valence-electron chi connectivity index (χ0n) is 13.1. The fourth-order valence-electron chi connectivity index (χ4n) is 2.13. The summed E-state index contributed by atoms with van der Waals surface area (Å²) in [6.45, 7) is 1.91. The Morgan fingerprint density at radius 1 is 1.42 bits per heavy atom. The minimum atomic E-state index is -4.42. The number of halogens is 3. The molecular formula is C16H18F3N3O2. The first-order chi connectivity index (χ1) is 11.3. The summed E-state index contributed by atoms with van der Waals surface area (Å²) in [5.41, 5.74) is 5.47. The molecule has 5 nitrogen and oxygen atoms in total. The highest BCUT2D eigenvalue weighted by molar-refractivity contribution is 5.91. The number of amides is 1. The Hall–Kier alpha value is -2.35. The van der Waals surface area contributed by atoms with Crippen molar-refractivity contribution in [1.82, 2.24) is 10.3 Å². The summed E-state index contributed by atoms with van der Waals surface area (Å²) in [7, 11) is 0. The van der Waals surface area contributed by atoms with Crippen molar-refractivity contribution in [3.05, 3.63) is 53.2 Å². The van der Waals surface area contributed by atoms with Crippen LogP contribution in [0.25, 0.3) is 0 Å². The number of nitrogens with two attached hydrogens (primary N) is 1. The molecule has 24 heavy (non-hydrogen) atoms. The van der Waals surface area contributed by atoms with E-state index in [2.05, 4.69) is 10.3 Å². The van der Waals surface area contributed by atoms with Gasteiger partial charge in [0.15, 0.2) is 5.69 Å². The monoisotopic (exact) mass is 341 g/mol. The van der Waals surface area contributed by atoms with Gasteiger partial charge in [-0.15, -0.1) is 0 Å². The lowest BCUT2D eigenvalue weighted by molar-refractivity contribution is -0.137. The van der Waals surface area contributed by atoms with Crippen molar-refractivity contribution in [1.29, 1.82) is 0 Å². The van der Waals surface area contributed by atoms with Gasteiger partial charge in [0, 0.05) is 6.54 Å². The molecule has 1 heterocycles. The summed E-state index contributed by atoms with van der Waals surface area (Å²) in [4.78, 5) is 16.0. The van der Waals surface area contributed by atoms with Crippen molar-refractivity contribution >= 4 is 5.91 Å². The maximum atomic E-state index is 12.7. The van der Waals surface area contributed by atoms with Crippen LogP contribution in [0.1, 0.15) is 53.3 Å². The summed E-state index contributed by atoms with van der Waals surface area (Å²) in [5.74, 6) is -0.271. The zero-order valence-corrected chi connectivity index (χ0v) is 13.1. The highest BCUT2D eigenvalue weighted by Crippen LogP contribution is 2.29. The van der Waals surface area contributed by atoms with Crippen molar-refractivity contribution < 1.29 is 22.4 Å². The van der Waals surface area contributed by atoms with Crippen molar-refractivity contribution in [2.45, 2.75) is 38.5 Å². The molecule has 0 bridgehead atoms. The second-order valence-electron chi connectivity index (χ2n) is 5.35. The number of oxazole rings is 1. The van der Waals surface area contributed by atoms with Crippen molar-refractivity contribution in [2.75, 3.05) is 0 Å². The zero-order chi connectivity index (χ0) is 17.7. The molecule has 1 amide bonds. The number of hydrogen-bond donors (Lipinski definition) is 2. The average Bonchev–Trinajstić information content (AvgIpc) is 3.02. The van der Waals surface area contributed by atoms with E-state index in [-0.39, 0.29) is 24.2 Å². The fraction of sp³-hybridized carbons (Fsp3) is 0.375. The Morgan fingerprint density at radius 2 is 2.17 bits per heavy atom. The van der Waals surface area contributed by atoms with Crippen LogP contribution in [-0.4, -0.2) is 10.9 Å². The summed E-state index contributed by atoms with van der Waals surface area (Å²) in [6, 6.07) is 4.37. The Morgan fingerprint density at radius 3 is 2.83 bits per heavy atom. The van der Waals surface area contributed by atoms with E-state index in [1.807, 2.05) is 6.92 Å². The van der Waals surface area contributed by atoms with Crippen LogP contribution in [0.3, 0.4) is 0 Å². The standard InChI is InChI=1S/C16H18F3N3O2/c1-2-4-12(20)15-22-13(9-24-15)14(23)21-8-10-5-3-6-11(7-10)16(17,18)19/h3,5-7,9,12H,2,4,8,20H2,1H3,(H,21,23). The van der Waals surface area contributed by atoms with Crippen LogP contribution in [0.4, 0.5) is 13.2 Å². The quantitative estimate of drug-likeness (QED) is 0.843. The van der Waals surface area contributed by atoms with Crippen LogP contribution < -0.4 is 11.1 Å². The second-order valence-corrected chi connectivity index (χ2v) is 5.35. The number of benzene rings is 1. The van der Waals surface area contributed by atoms with Crippen LogP contribution in [0, 0.1) is 0 Å². The number of aromatic nitrogens is 1. The molecule has 1 aromatic carbocycles. The smallest absolute Gasteiger partial charge is 0.416 e. The Kier molecular flexibility index (Phi) is 5.61. The highest BCUT2D eigenvalue weighted by Gasteiger charge is 2.30. The van der Waals surface area contributed by atoms with E-state index < -0.39 is 17.6 Å². The number of nitrogens with one attached hydrogen (secondary N) is 1. The molecule has 8 heteroatoms. The Labute approximate surface area is 137 Å². The van der Waals surface area contributed by atoms with Gasteiger partial charge in [0.05, 0.1) is 11.6 Å². The summed E-state index contributed by atoms with van der Waals surface area (Å²) < 4.78 is 43.1. The van der Waals surface area contributed by atoms with E-state index in [0.717, 1.165) is 18.6 Å². The number of carbonyl (C=O) groups excluding carboxylic acids is 1. The molecule has 130 valence electrons. The summed E-state index contributed by atoms with van der Waals surface area (Å²) in [5, 5.41) is 2.51. The lowest BCUT2D eigenvalue weighted by atomic mass is 10.1. The maximum Gasteiger partial charge on any atom is 0.416 e. The van der Waals surface area contributed by atoms with E-state index in [9.17, 15) is 18.0 Å². The van der Waals surface area contributed by atoms with Crippen molar-refractivity contribution in [3.8, 4) is 0 Å². The molecule has 2 aromatic rings. The molecule has 0 fully saturated rings. The predicted molar refractivity (Wildman–Crippen MR) is 81.0 cm³/mol. The third kappa shape index (κ3) is 4.58. The Bertz CT molecular complexity index is 698. The number of alkyl halides is 3. The van der Waals surface area contributed by atoms with E-state index >= 15 is 0 Å². The molecule has 0 spiro atoms. The van der Waals surface area contributed by atoms with Crippen molar-refractivity contribution in [2.24, 2.45) is 5.73 Å². The molecule has 1 aromatic heterocycles. The van der Waals surface area contributed by atoms with Gasteiger partial charge in [-0.3, -0.25) is 4.79 Å². The van der Waals surface area contributed by atoms with Gasteiger partial charge in [-0.05, 0) is 24.1 Å². The number of rotatable bonds is 6. The first-order valence-electron chi connectivity index (χ1n) is 7.46. The summed E-state index contributed by atoms with van der Waals surface area (Å²) >= 11 is 0. The van der Waals surface area contributed by atoms with Gasteiger partial charge in [-0.2, -0.15) is 13.2 Å². The lowest BCUT2D eigenvalue weighted by Gasteiger charge is -2.09. The minimum Gasteiger partial charge on any atom is -0.446 e. The van der Waals surface area contributed by atoms with Crippen LogP contribution in [0.5, 0.6) is 0 Å². The molecule has 0 aliphatic heterocycles. The SMILES string of the molecule is CCCC(N)c1nc(C(=O)NCc2cccc(C(F)(F)F)c2)co1. The molecule has 0 aliphatic rings. The first kappa shape index (κ1) is 18.0. The number of carbonyl (C=O) groups is 1. The van der Waals surface area contributed by atoms with Crippen molar-refractivity contribution in [3.63, 3.8) is 0 Å². The van der Waals surface area contributed by atoms with Gasteiger partial charge in [0.25, 0.3) is 5.91 Å². The third-order valence-electron chi connectivity index (χ3n) is 3.38. The Balaban J connectivity index is 1.99. The topological polar surface area (TPSA) is 81.1 Å².